The third-order valence-corrected chi connectivity index (χ3v) is 7.13. The van der Waals surface area contributed by atoms with Gasteiger partial charge in [-0.2, -0.15) is 11.3 Å². The first kappa shape index (κ1) is 18.0. The summed E-state index contributed by atoms with van der Waals surface area (Å²) in [6.45, 7) is 3.99. The quantitative estimate of drug-likeness (QED) is 0.666. The number of amides is 1. The van der Waals surface area contributed by atoms with Crippen molar-refractivity contribution in [2.24, 2.45) is 0 Å². The maximum absolute atomic E-state index is 13.0. The van der Waals surface area contributed by atoms with E-state index in [4.69, 9.17) is 4.74 Å². The minimum atomic E-state index is -0.202. The minimum Gasteiger partial charge on any atom is -0.446 e. The summed E-state index contributed by atoms with van der Waals surface area (Å²) in [6.07, 6.45) is 5.53. The summed E-state index contributed by atoms with van der Waals surface area (Å²) in [6, 6.07) is 7.24. The molecule has 0 N–H and O–H groups in total. The lowest BCUT2D eigenvalue weighted by Gasteiger charge is -2.38. The van der Waals surface area contributed by atoms with E-state index in [0.717, 1.165) is 23.4 Å². The number of ether oxygens (including phenoxy) is 1. The summed E-state index contributed by atoms with van der Waals surface area (Å²) in [5, 5.41) is 7.10. The molecule has 0 spiro atoms. The number of hydrogen-bond acceptors (Lipinski definition) is 5. The lowest BCUT2D eigenvalue weighted by molar-refractivity contribution is 0.0208. The average molecular weight is 391 g/mol. The molecule has 4 heterocycles. The first-order valence-corrected chi connectivity index (χ1v) is 11.3. The largest absolute Gasteiger partial charge is 0.446 e. The summed E-state index contributed by atoms with van der Waals surface area (Å²) < 4.78 is 6.00. The van der Waals surface area contributed by atoms with Crippen LogP contribution in [0.1, 0.15) is 44.6 Å². The van der Waals surface area contributed by atoms with Crippen LogP contribution >= 0.6 is 22.7 Å². The molecule has 0 aromatic carbocycles. The summed E-state index contributed by atoms with van der Waals surface area (Å²) in [4.78, 5) is 17.4. The van der Waals surface area contributed by atoms with Crippen molar-refractivity contribution in [3.63, 3.8) is 0 Å². The van der Waals surface area contributed by atoms with E-state index in [1.54, 1.807) is 27.6 Å². The molecule has 2 bridgehead atoms. The van der Waals surface area contributed by atoms with Crippen molar-refractivity contribution < 1.29 is 9.53 Å². The molecule has 140 valence electrons. The van der Waals surface area contributed by atoms with Gasteiger partial charge >= 0.3 is 6.09 Å². The fraction of sp³-hybridized carbons (Fsp3) is 0.550. The normalized spacial score (nSPS) is 25.3. The lowest BCUT2D eigenvalue weighted by atomic mass is 9.99. The second kappa shape index (κ2) is 8.11. The Morgan fingerprint density at radius 2 is 2.08 bits per heavy atom. The van der Waals surface area contributed by atoms with E-state index in [2.05, 4.69) is 28.7 Å². The zero-order chi connectivity index (χ0) is 17.9. The molecule has 2 saturated heterocycles. The van der Waals surface area contributed by atoms with Crippen molar-refractivity contribution >= 4 is 33.8 Å². The smallest absolute Gasteiger partial charge is 0.415 e. The van der Waals surface area contributed by atoms with Crippen molar-refractivity contribution in [3.05, 3.63) is 39.9 Å². The summed E-state index contributed by atoms with van der Waals surface area (Å²) in [5.41, 5.74) is 1.15. The summed E-state index contributed by atoms with van der Waals surface area (Å²) in [5.74, 6) is 0. The molecule has 2 unspecified atom stereocenters. The molecule has 26 heavy (non-hydrogen) atoms. The van der Waals surface area contributed by atoms with Crippen molar-refractivity contribution in [2.75, 3.05) is 11.4 Å². The van der Waals surface area contributed by atoms with Crippen LogP contribution in [0.25, 0.3) is 0 Å². The first-order valence-electron chi connectivity index (χ1n) is 9.53. The second-order valence-electron chi connectivity index (χ2n) is 7.27. The van der Waals surface area contributed by atoms with Gasteiger partial charge in [0.25, 0.3) is 0 Å². The molecule has 0 aliphatic carbocycles. The number of hydrogen-bond donors (Lipinski definition) is 0. The molecule has 4 nitrogen and oxygen atoms in total. The molecule has 0 saturated carbocycles. The van der Waals surface area contributed by atoms with Gasteiger partial charge in [-0.05, 0) is 65.7 Å². The van der Waals surface area contributed by atoms with Gasteiger partial charge in [-0.25, -0.2) is 4.79 Å². The number of nitrogens with zero attached hydrogens (tertiary/aromatic N) is 2. The fourth-order valence-corrected chi connectivity index (χ4v) is 5.75. The van der Waals surface area contributed by atoms with Gasteiger partial charge in [0.15, 0.2) is 0 Å². The Bertz CT molecular complexity index is 687. The average Bonchev–Trinajstić information content (AvgIpc) is 3.36. The van der Waals surface area contributed by atoms with Gasteiger partial charge < -0.3 is 4.74 Å². The van der Waals surface area contributed by atoms with E-state index >= 15 is 0 Å². The fourth-order valence-electron chi connectivity index (χ4n) is 4.37. The number of fused-ring (bicyclic) bond motifs is 2. The van der Waals surface area contributed by atoms with Crippen LogP contribution in [0.4, 0.5) is 9.80 Å². The Kier molecular flexibility index (Phi) is 5.62. The first-order chi connectivity index (χ1) is 12.7. The second-order valence-corrected chi connectivity index (χ2v) is 8.98. The van der Waals surface area contributed by atoms with Crippen LogP contribution in [0.5, 0.6) is 0 Å². The maximum Gasteiger partial charge on any atom is 0.415 e. The SMILES string of the molecule is CCCN1C2CCC1CC(OC(=O)N(Cc1ccsc1)c1cccs1)C2. The number of rotatable bonds is 6. The van der Waals surface area contributed by atoms with Crippen LogP contribution in [-0.2, 0) is 11.3 Å². The van der Waals surface area contributed by atoms with Crippen LogP contribution in [0, 0.1) is 0 Å². The maximum atomic E-state index is 13.0. The van der Waals surface area contributed by atoms with Gasteiger partial charge in [0.05, 0.1) is 6.54 Å². The topological polar surface area (TPSA) is 32.8 Å². The highest BCUT2D eigenvalue weighted by Crippen LogP contribution is 2.37. The van der Waals surface area contributed by atoms with Gasteiger partial charge in [-0.1, -0.05) is 6.92 Å². The molecule has 2 aliphatic heterocycles. The van der Waals surface area contributed by atoms with Gasteiger partial charge in [-0.15, -0.1) is 11.3 Å². The molecule has 4 rings (SSSR count). The summed E-state index contributed by atoms with van der Waals surface area (Å²) in [7, 11) is 0. The van der Waals surface area contributed by atoms with Gasteiger partial charge in [0.1, 0.15) is 11.1 Å². The Balaban J connectivity index is 1.42. The molecule has 6 heteroatoms. The van der Waals surface area contributed by atoms with E-state index in [1.165, 1.54) is 25.8 Å². The molecule has 2 aromatic heterocycles. The van der Waals surface area contributed by atoms with Crippen LogP contribution in [-0.4, -0.2) is 35.7 Å². The Morgan fingerprint density at radius 1 is 1.27 bits per heavy atom. The lowest BCUT2D eigenvalue weighted by Crippen LogP contribution is -2.47. The van der Waals surface area contributed by atoms with E-state index in [-0.39, 0.29) is 12.2 Å². The van der Waals surface area contributed by atoms with E-state index in [9.17, 15) is 4.79 Å². The monoisotopic (exact) mass is 390 g/mol. The third kappa shape index (κ3) is 3.82. The van der Waals surface area contributed by atoms with Crippen molar-refractivity contribution in [1.82, 2.24) is 4.90 Å². The number of anilines is 1. The highest BCUT2D eigenvalue weighted by atomic mass is 32.1. The zero-order valence-electron chi connectivity index (χ0n) is 15.2. The zero-order valence-corrected chi connectivity index (χ0v) is 16.8. The number of carbonyl (C=O) groups excluding carboxylic acids is 1. The van der Waals surface area contributed by atoms with Crippen molar-refractivity contribution in [1.29, 1.82) is 0 Å². The van der Waals surface area contributed by atoms with Crippen molar-refractivity contribution in [2.45, 2.75) is 63.8 Å². The van der Waals surface area contributed by atoms with Gasteiger partial charge in [-0.3, -0.25) is 9.80 Å². The Morgan fingerprint density at radius 3 is 2.69 bits per heavy atom. The predicted molar refractivity (Wildman–Crippen MR) is 108 cm³/mol. The number of thiophene rings is 2. The van der Waals surface area contributed by atoms with Crippen molar-refractivity contribution in [3.8, 4) is 0 Å². The molecule has 2 aliphatic rings. The molecule has 2 fully saturated rings. The summed E-state index contributed by atoms with van der Waals surface area (Å²) >= 11 is 3.24. The van der Waals surface area contributed by atoms with E-state index in [1.807, 2.05) is 17.5 Å². The minimum absolute atomic E-state index is 0.0537. The molecular formula is C20H26N2O2S2. The Hall–Kier alpha value is -1.37. The van der Waals surface area contributed by atoms with Gasteiger partial charge in [0.2, 0.25) is 0 Å². The number of piperidine rings is 1. The van der Waals surface area contributed by atoms with Gasteiger partial charge in [0, 0.05) is 24.9 Å². The predicted octanol–water partition coefficient (Wildman–Crippen LogP) is 5.36. The van der Waals surface area contributed by atoms with Crippen LogP contribution in [0.2, 0.25) is 0 Å². The standard InChI is InChI=1S/C20H26N2O2S2/c1-2-8-21-16-5-6-17(21)12-18(11-16)24-20(23)22(19-4-3-9-26-19)13-15-7-10-25-14-15/h3-4,7,9-10,14,16-18H,2,5-6,8,11-13H2,1H3. The van der Waals surface area contributed by atoms with Crippen LogP contribution < -0.4 is 4.90 Å². The van der Waals surface area contributed by atoms with Crippen LogP contribution in [0.3, 0.4) is 0 Å². The third-order valence-electron chi connectivity index (χ3n) is 5.50. The van der Waals surface area contributed by atoms with Crippen LogP contribution in [0.15, 0.2) is 34.3 Å². The van der Waals surface area contributed by atoms with E-state index in [0.29, 0.717) is 18.6 Å². The Labute approximate surface area is 163 Å². The molecule has 2 aromatic rings. The highest BCUT2D eigenvalue weighted by molar-refractivity contribution is 7.14. The molecule has 1 amide bonds. The number of carbonyl (C=O) groups is 1. The molecule has 2 atom stereocenters. The molecule has 0 radical (unpaired) electrons. The molecular weight excluding hydrogens is 364 g/mol. The highest BCUT2D eigenvalue weighted by Gasteiger charge is 2.41. The van der Waals surface area contributed by atoms with E-state index < -0.39 is 0 Å².